The van der Waals surface area contributed by atoms with Crippen LogP contribution in [0, 0.1) is 24.1 Å². The van der Waals surface area contributed by atoms with Crippen LogP contribution in [-0.2, 0) is 6.42 Å². The van der Waals surface area contributed by atoms with Gasteiger partial charge in [0.05, 0.1) is 19.6 Å². The van der Waals surface area contributed by atoms with Crippen molar-refractivity contribution >= 4 is 0 Å². The van der Waals surface area contributed by atoms with E-state index in [-0.39, 0.29) is 12.2 Å². The Balaban J connectivity index is 3.23. The number of methoxy groups -OCH3 is 1. The Morgan fingerprint density at radius 1 is 1.54 bits per heavy atom. The SMILES string of the molecule is COc1c(F)cc(C)cc1CC#N. The molecule has 0 unspecified atom stereocenters. The highest BCUT2D eigenvalue weighted by Crippen LogP contribution is 2.24. The Bertz CT molecular complexity index is 355. The van der Waals surface area contributed by atoms with Crippen LogP contribution in [0.25, 0.3) is 0 Å². The predicted octanol–water partition coefficient (Wildman–Crippen LogP) is 2.21. The quantitative estimate of drug-likeness (QED) is 0.697. The summed E-state index contributed by atoms with van der Waals surface area (Å²) < 4.78 is 18.1. The number of rotatable bonds is 2. The lowest BCUT2D eigenvalue weighted by Crippen LogP contribution is -1.95. The summed E-state index contributed by atoms with van der Waals surface area (Å²) in [5.41, 5.74) is 1.39. The van der Waals surface area contributed by atoms with Crippen LogP contribution < -0.4 is 4.74 Å². The third kappa shape index (κ3) is 1.97. The van der Waals surface area contributed by atoms with Gasteiger partial charge in [-0.1, -0.05) is 6.07 Å². The molecule has 0 amide bonds. The lowest BCUT2D eigenvalue weighted by atomic mass is 10.1. The summed E-state index contributed by atoms with van der Waals surface area (Å²) in [6.45, 7) is 1.78. The molecule has 0 aliphatic rings. The molecule has 0 heterocycles. The smallest absolute Gasteiger partial charge is 0.165 e. The van der Waals surface area contributed by atoms with E-state index < -0.39 is 5.82 Å². The van der Waals surface area contributed by atoms with Crippen molar-refractivity contribution in [1.29, 1.82) is 5.26 Å². The maximum atomic E-state index is 13.2. The van der Waals surface area contributed by atoms with Gasteiger partial charge < -0.3 is 4.74 Å². The average Bonchev–Trinajstić information content (AvgIpc) is 2.04. The molecular weight excluding hydrogens is 169 g/mol. The van der Waals surface area contributed by atoms with Gasteiger partial charge in [-0.25, -0.2) is 4.39 Å². The van der Waals surface area contributed by atoms with Crippen LogP contribution in [0.1, 0.15) is 11.1 Å². The van der Waals surface area contributed by atoms with Crippen LogP contribution in [0.15, 0.2) is 12.1 Å². The second-order valence-electron chi connectivity index (χ2n) is 2.77. The highest BCUT2D eigenvalue weighted by atomic mass is 19.1. The lowest BCUT2D eigenvalue weighted by Gasteiger charge is -2.07. The van der Waals surface area contributed by atoms with E-state index in [0.717, 1.165) is 5.56 Å². The number of aryl methyl sites for hydroxylation is 1. The predicted molar refractivity (Wildman–Crippen MR) is 47.0 cm³/mol. The molecule has 0 bridgehead atoms. The molecule has 13 heavy (non-hydrogen) atoms. The third-order valence-electron chi connectivity index (χ3n) is 1.74. The van der Waals surface area contributed by atoms with E-state index in [1.165, 1.54) is 13.2 Å². The highest BCUT2D eigenvalue weighted by molar-refractivity contribution is 5.39. The number of hydrogen-bond acceptors (Lipinski definition) is 2. The minimum atomic E-state index is -0.409. The molecule has 1 rings (SSSR count). The molecule has 0 atom stereocenters. The first kappa shape index (κ1) is 9.53. The number of ether oxygens (including phenoxy) is 1. The minimum absolute atomic E-state index is 0.168. The van der Waals surface area contributed by atoms with Crippen molar-refractivity contribution in [3.05, 3.63) is 29.1 Å². The van der Waals surface area contributed by atoms with Crippen LogP contribution in [0.5, 0.6) is 5.75 Å². The first-order valence-electron chi connectivity index (χ1n) is 3.89. The first-order chi connectivity index (χ1) is 6.19. The largest absolute Gasteiger partial charge is 0.493 e. The monoisotopic (exact) mass is 179 g/mol. The van der Waals surface area contributed by atoms with Crippen molar-refractivity contribution in [3.63, 3.8) is 0 Å². The molecule has 3 heteroatoms. The second-order valence-corrected chi connectivity index (χ2v) is 2.77. The van der Waals surface area contributed by atoms with Gasteiger partial charge in [0.1, 0.15) is 0 Å². The average molecular weight is 179 g/mol. The van der Waals surface area contributed by atoms with Gasteiger partial charge in [0.15, 0.2) is 11.6 Å². The van der Waals surface area contributed by atoms with Crippen molar-refractivity contribution < 1.29 is 9.13 Å². The van der Waals surface area contributed by atoms with E-state index in [0.29, 0.717) is 5.56 Å². The lowest BCUT2D eigenvalue weighted by molar-refractivity contribution is 0.382. The molecule has 0 saturated carbocycles. The molecule has 2 nitrogen and oxygen atoms in total. The van der Waals surface area contributed by atoms with Gasteiger partial charge in [-0.15, -0.1) is 0 Å². The minimum Gasteiger partial charge on any atom is -0.493 e. The van der Waals surface area contributed by atoms with Crippen LogP contribution in [0.4, 0.5) is 4.39 Å². The van der Waals surface area contributed by atoms with Gasteiger partial charge in [0, 0.05) is 5.56 Å². The Hall–Kier alpha value is -1.56. The molecule has 0 aromatic heterocycles. The van der Waals surface area contributed by atoms with E-state index in [1.807, 2.05) is 6.07 Å². The van der Waals surface area contributed by atoms with Crippen molar-refractivity contribution in [2.75, 3.05) is 7.11 Å². The summed E-state index contributed by atoms with van der Waals surface area (Å²) >= 11 is 0. The zero-order valence-electron chi connectivity index (χ0n) is 7.60. The number of hydrogen-bond donors (Lipinski definition) is 0. The zero-order chi connectivity index (χ0) is 9.84. The second kappa shape index (κ2) is 3.90. The van der Waals surface area contributed by atoms with Crippen LogP contribution in [-0.4, -0.2) is 7.11 Å². The van der Waals surface area contributed by atoms with E-state index in [2.05, 4.69) is 0 Å². The molecule has 0 aliphatic heterocycles. The van der Waals surface area contributed by atoms with Crippen LogP contribution in [0.2, 0.25) is 0 Å². The fourth-order valence-electron chi connectivity index (χ4n) is 1.25. The number of nitriles is 1. The Labute approximate surface area is 76.6 Å². The van der Waals surface area contributed by atoms with E-state index in [4.69, 9.17) is 10.00 Å². The molecule has 0 fully saturated rings. The highest BCUT2D eigenvalue weighted by Gasteiger charge is 2.09. The standard InChI is InChI=1S/C10H10FNO/c1-7-5-8(3-4-12)10(13-2)9(11)6-7/h5-6H,3H2,1-2H3. The van der Waals surface area contributed by atoms with Gasteiger partial charge in [0.2, 0.25) is 0 Å². The van der Waals surface area contributed by atoms with E-state index in [1.54, 1.807) is 13.0 Å². The first-order valence-corrected chi connectivity index (χ1v) is 3.89. The molecule has 68 valence electrons. The molecule has 0 spiro atoms. The molecule has 1 aromatic rings. The molecule has 0 N–H and O–H groups in total. The summed E-state index contributed by atoms with van der Waals surface area (Å²) in [6, 6.07) is 5.11. The van der Waals surface area contributed by atoms with E-state index in [9.17, 15) is 4.39 Å². The summed E-state index contributed by atoms with van der Waals surface area (Å²) in [5, 5.41) is 8.49. The Morgan fingerprint density at radius 2 is 2.23 bits per heavy atom. The number of halogens is 1. The number of nitrogens with zero attached hydrogens (tertiary/aromatic N) is 1. The zero-order valence-corrected chi connectivity index (χ0v) is 7.60. The summed E-state index contributed by atoms with van der Waals surface area (Å²) in [4.78, 5) is 0. The van der Waals surface area contributed by atoms with Crippen molar-refractivity contribution in [2.24, 2.45) is 0 Å². The molecule has 0 saturated heterocycles. The van der Waals surface area contributed by atoms with Gasteiger partial charge in [-0.2, -0.15) is 5.26 Å². The molecular formula is C10H10FNO. The maximum absolute atomic E-state index is 13.2. The van der Waals surface area contributed by atoms with Gasteiger partial charge in [-0.3, -0.25) is 0 Å². The van der Waals surface area contributed by atoms with Crippen molar-refractivity contribution in [2.45, 2.75) is 13.3 Å². The molecule has 0 aliphatic carbocycles. The number of benzene rings is 1. The van der Waals surface area contributed by atoms with Gasteiger partial charge >= 0.3 is 0 Å². The normalized spacial score (nSPS) is 9.38. The fraction of sp³-hybridized carbons (Fsp3) is 0.300. The van der Waals surface area contributed by atoms with Gasteiger partial charge in [0.25, 0.3) is 0 Å². The summed E-state index contributed by atoms with van der Waals surface area (Å²) in [5.74, 6) is -0.236. The Kier molecular flexibility index (Phi) is 2.86. The maximum Gasteiger partial charge on any atom is 0.165 e. The summed E-state index contributed by atoms with van der Waals surface area (Å²) in [7, 11) is 1.40. The molecule has 1 aromatic carbocycles. The molecule has 0 radical (unpaired) electrons. The van der Waals surface area contributed by atoms with Crippen LogP contribution >= 0.6 is 0 Å². The third-order valence-corrected chi connectivity index (χ3v) is 1.74. The van der Waals surface area contributed by atoms with Crippen molar-refractivity contribution in [1.82, 2.24) is 0 Å². The fourth-order valence-corrected chi connectivity index (χ4v) is 1.25. The summed E-state index contributed by atoms with van der Waals surface area (Å²) in [6.07, 6.45) is 0.168. The van der Waals surface area contributed by atoms with Crippen molar-refractivity contribution in [3.8, 4) is 11.8 Å². The van der Waals surface area contributed by atoms with E-state index >= 15 is 0 Å². The topological polar surface area (TPSA) is 33.0 Å². The van der Waals surface area contributed by atoms with Gasteiger partial charge in [-0.05, 0) is 18.6 Å². The van der Waals surface area contributed by atoms with Crippen LogP contribution in [0.3, 0.4) is 0 Å². The Morgan fingerprint density at radius 3 is 2.77 bits per heavy atom.